The van der Waals surface area contributed by atoms with Crippen LogP contribution in [-0.4, -0.2) is 40.1 Å². The predicted molar refractivity (Wildman–Crippen MR) is 55.3 cm³/mol. The summed E-state index contributed by atoms with van der Waals surface area (Å²) in [5.74, 6) is -0.745. The number of rotatable bonds is 1. The van der Waals surface area contributed by atoms with Gasteiger partial charge < -0.3 is 10.0 Å². The molecule has 1 amide bonds. The van der Waals surface area contributed by atoms with Crippen molar-refractivity contribution in [1.29, 1.82) is 0 Å². The lowest BCUT2D eigenvalue weighted by Gasteiger charge is -2.29. The minimum absolute atomic E-state index is 0.153. The molecule has 16 heavy (non-hydrogen) atoms. The zero-order valence-corrected chi connectivity index (χ0v) is 8.77. The molecule has 0 spiro atoms. The summed E-state index contributed by atoms with van der Waals surface area (Å²) in [5.41, 5.74) is 0.387. The van der Waals surface area contributed by atoms with Gasteiger partial charge in [-0.05, 0) is 25.0 Å². The fraction of sp³-hybridized carbons (Fsp3) is 0.455. The molecule has 1 aliphatic heterocycles. The third-order valence-corrected chi connectivity index (χ3v) is 2.73. The van der Waals surface area contributed by atoms with Crippen LogP contribution in [-0.2, 0) is 0 Å². The zero-order valence-electron chi connectivity index (χ0n) is 8.77. The van der Waals surface area contributed by atoms with E-state index < -0.39 is 5.95 Å². The molecule has 0 atom stereocenters. The molecule has 1 aliphatic rings. The second-order valence-corrected chi connectivity index (χ2v) is 3.89. The molecule has 0 unspecified atom stereocenters. The van der Waals surface area contributed by atoms with Gasteiger partial charge in [0.05, 0.1) is 11.7 Å². The second-order valence-electron chi connectivity index (χ2n) is 3.89. The van der Waals surface area contributed by atoms with Gasteiger partial charge in [0.1, 0.15) is 0 Å². The molecule has 2 rings (SSSR count). The Morgan fingerprint density at radius 2 is 2.12 bits per heavy atom. The highest BCUT2D eigenvalue weighted by Gasteiger charge is 2.22. The van der Waals surface area contributed by atoms with E-state index in [0.29, 0.717) is 31.5 Å². The van der Waals surface area contributed by atoms with E-state index in [1.54, 1.807) is 4.90 Å². The summed E-state index contributed by atoms with van der Waals surface area (Å²) >= 11 is 0. The van der Waals surface area contributed by atoms with Gasteiger partial charge in [0, 0.05) is 19.3 Å². The number of aromatic nitrogens is 1. The number of carbonyl (C=O) groups is 1. The summed E-state index contributed by atoms with van der Waals surface area (Å²) in [7, 11) is 0. The van der Waals surface area contributed by atoms with Gasteiger partial charge in [-0.3, -0.25) is 4.79 Å². The number of piperidine rings is 1. The highest BCUT2D eigenvalue weighted by atomic mass is 19.1. The average molecular weight is 224 g/mol. The molecule has 1 saturated heterocycles. The van der Waals surface area contributed by atoms with Crippen LogP contribution in [0.5, 0.6) is 0 Å². The Morgan fingerprint density at radius 3 is 2.69 bits per heavy atom. The van der Waals surface area contributed by atoms with Gasteiger partial charge in [-0.25, -0.2) is 4.98 Å². The number of likely N-dealkylation sites (tertiary alicyclic amines) is 1. The molecule has 1 aromatic heterocycles. The van der Waals surface area contributed by atoms with Crippen LogP contribution in [0.3, 0.4) is 0 Å². The maximum atomic E-state index is 12.6. The minimum Gasteiger partial charge on any atom is -0.393 e. The van der Waals surface area contributed by atoms with Crippen molar-refractivity contribution < 1.29 is 14.3 Å². The number of carbonyl (C=O) groups excluding carboxylic acids is 1. The first-order valence-corrected chi connectivity index (χ1v) is 5.26. The van der Waals surface area contributed by atoms with Gasteiger partial charge in [0.15, 0.2) is 0 Å². The SMILES string of the molecule is O=C(c1ccc(F)nc1)N1CCC(O)CC1. The summed E-state index contributed by atoms with van der Waals surface area (Å²) < 4.78 is 12.6. The molecule has 0 saturated carbocycles. The van der Waals surface area contributed by atoms with E-state index in [4.69, 9.17) is 0 Å². The van der Waals surface area contributed by atoms with E-state index in [2.05, 4.69) is 4.98 Å². The average Bonchev–Trinajstić information content (AvgIpc) is 2.30. The quantitative estimate of drug-likeness (QED) is 0.718. The highest BCUT2D eigenvalue weighted by Crippen LogP contribution is 2.13. The summed E-state index contributed by atoms with van der Waals surface area (Å²) in [4.78, 5) is 17.0. The van der Waals surface area contributed by atoms with Gasteiger partial charge in [-0.1, -0.05) is 0 Å². The number of hydrogen-bond acceptors (Lipinski definition) is 3. The summed E-state index contributed by atoms with van der Waals surface area (Å²) in [6.07, 6.45) is 2.12. The highest BCUT2D eigenvalue weighted by molar-refractivity contribution is 5.93. The van der Waals surface area contributed by atoms with Crippen molar-refractivity contribution in [2.24, 2.45) is 0 Å². The van der Waals surface area contributed by atoms with Gasteiger partial charge in [-0.15, -0.1) is 0 Å². The monoisotopic (exact) mass is 224 g/mol. The Bertz CT molecular complexity index is 372. The van der Waals surface area contributed by atoms with Crippen LogP contribution >= 0.6 is 0 Å². The predicted octanol–water partition coefficient (Wildman–Crippen LogP) is 0.818. The van der Waals surface area contributed by atoms with Crippen molar-refractivity contribution in [1.82, 2.24) is 9.88 Å². The molecule has 1 N–H and O–H groups in total. The molecule has 1 fully saturated rings. The Balaban J connectivity index is 2.05. The zero-order chi connectivity index (χ0) is 11.5. The Labute approximate surface area is 92.7 Å². The second kappa shape index (κ2) is 4.57. The molecular formula is C11H13FN2O2. The third-order valence-electron chi connectivity index (χ3n) is 2.73. The summed E-state index contributed by atoms with van der Waals surface area (Å²) in [6.45, 7) is 1.08. The third kappa shape index (κ3) is 2.36. The van der Waals surface area contributed by atoms with Crippen molar-refractivity contribution in [3.05, 3.63) is 29.8 Å². The van der Waals surface area contributed by atoms with E-state index in [1.165, 1.54) is 18.3 Å². The van der Waals surface area contributed by atoms with Crippen molar-refractivity contribution >= 4 is 5.91 Å². The van der Waals surface area contributed by atoms with E-state index >= 15 is 0 Å². The number of amides is 1. The fourth-order valence-electron chi connectivity index (χ4n) is 1.75. The standard InChI is InChI=1S/C11H13FN2O2/c12-10-2-1-8(7-13-10)11(16)14-5-3-9(15)4-6-14/h1-2,7,9,15H,3-6H2. The van der Waals surface area contributed by atoms with Crippen LogP contribution in [0.25, 0.3) is 0 Å². The van der Waals surface area contributed by atoms with Gasteiger partial charge in [-0.2, -0.15) is 4.39 Å². The molecule has 1 aromatic rings. The maximum Gasteiger partial charge on any atom is 0.255 e. The number of pyridine rings is 1. The van der Waals surface area contributed by atoms with Gasteiger partial charge >= 0.3 is 0 Å². The first kappa shape index (κ1) is 11.0. The topological polar surface area (TPSA) is 53.4 Å². The smallest absolute Gasteiger partial charge is 0.255 e. The maximum absolute atomic E-state index is 12.6. The lowest BCUT2D eigenvalue weighted by atomic mass is 10.1. The molecule has 0 radical (unpaired) electrons. The summed E-state index contributed by atoms with van der Waals surface area (Å²) in [5, 5.41) is 9.32. The Morgan fingerprint density at radius 1 is 1.44 bits per heavy atom. The van der Waals surface area contributed by atoms with E-state index in [1.807, 2.05) is 0 Å². The van der Waals surface area contributed by atoms with Crippen molar-refractivity contribution in [3.8, 4) is 0 Å². The molecule has 86 valence electrons. The van der Waals surface area contributed by atoms with Gasteiger partial charge in [0.25, 0.3) is 5.91 Å². The van der Waals surface area contributed by atoms with Crippen molar-refractivity contribution in [3.63, 3.8) is 0 Å². The summed E-state index contributed by atoms with van der Waals surface area (Å²) in [6, 6.07) is 2.60. The van der Waals surface area contributed by atoms with Gasteiger partial charge in [0.2, 0.25) is 5.95 Å². The lowest BCUT2D eigenvalue weighted by molar-refractivity contribution is 0.0546. The molecule has 0 aliphatic carbocycles. The Hall–Kier alpha value is -1.49. The molecule has 5 heteroatoms. The number of aliphatic hydroxyl groups excluding tert-OH is 1. The normalized spacial score (nSPS) is 17.5. The number of halogens is 1. The van der Waals surface area contributed by atoms with Crippen LogP contribution in [0.4, 0.5) is 4.39 Å². The fourth-order valence-corrected chi connectivity index (χ4v) is 1.75. The molecule has 0 aromatic carbocycles. The molecule has 2 heterocycles. The number of aliphatic hydroxyl groups is 1. The first-order valence-electron chi connectivity index (χ1n) is 5.26. The van der Waals surface area contributed by atoms with Crippen LogP contribution in [0, 0.1) is 5.95 Å². The van der Waals surface area contributed by atoms with E-state index in [9.17, 15) is 14.3 Å². The van der Waals surface area contributed by atoms with Crippen molar-refractivity contribution in [2.75, 3.05) is 13.1 Å². The van der Waals surface area contributed by atoms with Crippen LogP contribution < -0.4 is 0 Å². The number of nitrogens with zero attached hydrogens (tertiary/aromatic N) is 2. The molecule has 0 bridgehead atoms. The molecular weight excluding hydrogens is 211 g/mol. The van der Waals surface area contributed by atoms with Crippen molar-refractivity contribution in [2.45, 2.75) is 18.9 Å². The van der Waals surface area contributed by atoms with Crippen LogP contribution in [0.1, 0.15) is 23.2 Å². The number of hydrogen-bond donors (Lipinski definition) is 1. The van der Waals surface area contributed by atoms with Crippen LogP contribution in [0.15, 0.2) is 18.3 Å². The van der Waals surface area contributed by atoms with E-state index in [-0.39, 0.29) is 12.0 Å². The minimum atomic E-state index is -0.592. The Kier molecular flexibility index (Phi) is 3.14. The largest absolute Gasteiger partial charge is 0.393 e. The molecule has 4 nitrogen and oxygen atoms in total. The lowest BCUT2D eigenvalue weighted by Crippen LogP contribution is -2.40. The van der Waals surface area contributed by atoms with Crippen LogP contribution in [0.2, 0.25) is 0 Å². The first-order chi connectivity index (χ1) is 7.66. The van der Waals surface area contributed by atoms with E-state index in [0.717, 1.165) is 0 Å².